The van der Waals surface area contributed by atoms with E-state index in [9.17, 15) is 0 Å². The summed E-state index contributed by atoms with van der Waals surface area (Å²) in [4.78, 5) is 11.1. The van der Waals surface area contributed by atoms with E-state index in [1.807, 2.05) is 0 Å². The highest BCUT2D eigenvalue weighted by Crippen LogP contribution is 2.64. The third-order valence-corrected chi connectivity index (χ3v) is 23.1. The van der Waals surface area contributed by atoms with Crippen molar-refractivity contribution in [1.82, 2.24) is 0 Å². The second kappa shape index (κ2) is 19.3. The first-order valence-electron chi connectivity index (χ1n) is 33.2. The Balaban J connectivity index is 1.12. The molecule has 2 saturated carbocycles. The topological polar surface area (TPSA) is 13.0 Å². The van der Waals surface area contributed by atoms with Gasteiger partial charge in [-0.25, -0.2) is 0 Å². The fourth-order valence-corrected chi connectivity index (χ4v) is 17.6. The standard InChI is InChI=1S/C82H95BN4/c1-52-44-53(2)74-64(45-52)80(16)41-23-25-43-82(80,18)87(74)61-50-71-73-72(51-61)85(67-36-30-56(76(6,7)8)46-62(67)54-26-20-19-21-27-54)70-38-32-58(78(12,13)14)48-65(70)83(73)66-49-60(35-39-69(66)84(71)59-33-28-55(29-34-59)75(3,4)5)86-68-37-31-57(77(9,10)11)47-63(68)79(15)40-22-24-42-81(79,86)17/h19-21,26-39,44-51H,22-25,40-43H2,1-18H3. The molecular weight excluding hydrogens is 1050 g/mol. The van der Waals surface area contributed by atoms with Crippen molar-refractivity contribution >= 4 is 80.0 Å². The van der Waals surface area contributed by atoms with E-state index < -0.39 is 0 Å². The fraction of sp³-hybridized carbons (Fsp3) is 0.415. The van der Waals surface area contributed by atoms with Crippen LogP contribution in [-0.4, -0.2) is 17.8 Å². The van der Waals surface area contributed by atoms with Crippen LogP contribution in [0.2, 0.25) is 0 Å². The molecule has 0 radical (unpaired) electrons. The number of hydrogen-bond acceptors (Lipinski definition) is 4. The van der Waals surface area contributed by atoms with Gasteiger partial charge in [-0.15, -0.1) is 0 Å². The van der Waals surface area contributed by atoms with Gasteiger partial charge in [0.15, 0.2) is 0 Å². The number of hydrogen-bond donors (Lipinski definition) is 0. The van der Waals surface area contributed by atoms with Crippen LogP contribution in [0, 0.1) is 13.8 Å². The smallest absolute Gasteiger partial charge is 0.252 e. The van der Waals surface area contributed by atoms with E-state index in [2.05, 4.69) is 296 Å². The number of nitrogens with zero attached hydrogens (tertiary/aromatic N) is 4. The van der Waals surface area contributed by atoms with Gasteiger partial charge >= 0.3 is 0 Å². The molecule has 0 amide bonds. The minimum absolute atomic E-state index is 0.00374. The molecule has 0 N–H and O–H groups in total. The molecule has 4 heterocycles. The van der Waals surface area contributed by atoms with Crippen LogP contribution in [-0.2, 0) is 32.5 Å². The van der Waals surface area contributed by atoms with Gasteiger partial charge in [0.1, 0.15) is 0 Å². The molecule has 5 heteroatoms. The van der Waals surface area contributed by atoms with Crippen molar-refractivity contribution in [2.75, 3.05) is 19.6 Å². The molecule has 4 unspecified atom stereocenters. The van der Waals surface area contributed by atoms with E-state index in [1.165, 1.54) is 167 Å². The Labute approximate surface area is 523 Å². The molecule has 8 aromatic carbocycles. The van der Waals surface area contributed by atoms with Crippen molar-refractivity contribution in [3.63, 3.8) is 0 Å². The summed E-state index contributed by atoms with van der Waals surface area (Å²) in [6.45, 7) is 43.4. The Morgan fingerprint density at radius 1 is 0.379 bits per heavy atom. The maximum atomic E-state index is 2.87. The lowest BCUT2D eigenvalue weighted by molar-refractivity contribution is 0.195. The minimum Gasteiger partial charge on any atom is -0.334 e. The van der Waals surface area contributed by atoms with E-state index in [-0.39, 0.29) is 50.3 Å². The molecule has 8 aromatic rings. The molecule has 87 heavy (non-hydrogen) atoms. The summed E-state index contributed by atoms with van der Waals surface area (Å²) in [5, 5.41) is 0. The first kappa shape index (κ1) is 57.8. The number of rotatable bonds is 5. The van der Waals surface area contributed by atoms with E-state index in [0.29, 0.717) is 0 Å². The Kier molecular flexibility index (Phi) is 12.8. The molecule has 4 aliphatic heterocycles. The van der Waals surface area contributed by atoms with Gasteiger partial charge in [-0.05, 0) is 203 Å². The van der Waals surface area contributed by atoms with Gasteiger partial charge in [-0.2, -0.15) is 0 Å². The van der Waals surface area contributed by atoms with E-state index in [4.69, 9.17) is 0 Å². The number of anilines is 10. The summed E-state index contributed by atoms with van der Waals surface area (Å²) < 4.78 is 0. The van der Waals surface area contributed by atoms with Crippen molar-refractivity contribution in [2.24, 2.45) is 0 Å². The van der Waals surface area contributed by atoms with Crippen LogP contribution in [0.15, 0.2) is 152 Å². The second-order valence-corrected chi connectivity index (χ2v) is 32.7. The lowest BCUT2D eigenvalue weighted by Crippen LogP contribution is -2.62. The van der Waals surface area contributed by atoms with Crippen LogP contribution in [0.5, 0.6) is 0 Å². The molecule has 2 fully saturated rings. The highest BCUT2D eigenvalue weighted by atomic mass is 15.3. The summed E-state index contributed by atoms with van der Waals surface area (Å²) in [6.07, 6.45) is 9.57. The fourth-order valence-electron chi connectivity index (χ4n) is 17.6. The summed E-state index contributed by atoms with van der Waals surface area (Å²) in [6, 6.07) is 61.5. The molecule has 0 aromatic heterocycles. The van der Waals surface area contributed by atoms with Crippen LogP contribution in [0.3, 0.4) is 0 Å². The van der Waals surface area contributed by atoms with Crippen molar-refractivity contribution in [2.45, 2.75) is 220 Å². The highest BCUT2D eigenvalue weighted by Gasteiger charge is 2.60. The maximum Gasteiger partial charge on any atom is 0.252 e. The zero-order valence-corrected chi connectivity index (χ0v) is 56.0. The molecule has 4 atom stereocenters. The molecular formula is C82H95BN4. The second-order valence-electron chi connectivity index (χ2n) is 32.7. The van der Waals surface area contributed by atoms with Gasteiger partial charge < -0.3 is 19.6 Å². The van der Waals surface area contributed by atoms with Crippen LogP contribution < -0.4 is 36.0 Å². The van der Waals surface area contributed by atoms with Crippen LogP contribution in [0.1, 0.15) is 207 Å². The van der Waals surface area contributed by atoms with Gasteiger partial charge in [-0.3, -0.25) is 0 Å². The third kappa shape index (κ3) is 8.49. The lowest BCUT2D eigenvalue weighted by Gasteiger charge is -2.51. The third-order valence-electron chi connectivity index (χ3n) is 23.1. The zero-order chi connectivity index (χ0) is 61.5. The van der Waals surface area contributed by atoms with Gasteiger partial charge in [0.25, 0.3) is 6.71 Å². The predicted molar refractivity (Wildman–Crippen MR) is 376 cm³/mol. The summed E-state index contributed by atoms with van der Waals surface area (Å²) in [5.41, 5.74) is 30.0. The predicted octanol–water partition coefficient (Wildman–Crippen LogP) is 20.7. The normalized spacial score (nSPS) is 23.0. The Morgan fingerprint density at radius 2 is 0.862 bits per heavy atom. The van der Waals surface area contributed by atoms with Gasteiger partial charge in [0.2, 0.25) is 0 Å². The Morgan fingerprint density at radius 3 is 1.48 bits per heavy atom. The van der Waals surface area contributed by atoms with Gasteiger partial charge in [0.05, 0.1) is 16.8 Å². The SMILES string of the molecule is Cc1cc(C)c2c(c1)C1(C)CCCCC1(C)N2c1cc2c3c(c1)N(c1ccc(C(C)(C)C)cc1-c1ccccc1)c1ccc(C(C)(C)C)cc1B3c1cc(N3c4ccc(C(C)(C)C)cc4C4(C)CCCCC34C)ccc1N2c1ccc(C(C)(C)C)cc1. The van der Waals surface area contributed by atoms with Crippen molar-refractivity contribution < 1.29 is 0 Å². The maximum absolute atomic E-state index is 2.87. The first-order valence-corrected chi connectivity index (χ1v) is 33.2. The number of aryl methyl sites for hydroxylation is 2. The molecule has 0 spiro atoms. The average Bonchev–Trinajstić information content (AvgIpc) is 1.66. The number of benzene rings is 8. The van der Waals surface area contributed by atoms with Crippen molar-refractivity contribution in [1.29, 1.82) is 0 Å². The molecule has 14 rings (SSSR count). The average molecular weight is 1150 g/mol. The first-order chi connectivity index (χ1) is 41.0. The summed E-state index contributed by atoms with van der Waals surface area (Å²) in [5.74, 6) is 0. The Hall–Kier alpha value is -6.98. The minimum atomic E-state index is -0.168. The summed E-state index contributed by atoms with van der Waals surface area (Å²) >= 11 is 0. The highest BCUT2D eigenvalue weighted by molar-refractivity contribution is 7.00. The lowest BCUT2D eigenvalue weighted by atomic mass is 9.33. The van der Waals surface area contributed by atoms with Crippen LogP contribution >= 0.6 is 0 Å². The molecule has 446 valence electrons. The largest absolute Gasteiger partial charge is 0.334 e. The quantitative estimate of drug-likeness (QED) is 0.159. The molecule has 6 aliphatic rings. The molecule has 2 aliphatic carbocycles. The van der Waals surface area contributed by atoms with Crippen LogP contribution in [0.4, 0.5) is 56.9 Å². The van der Waals surface area contributed by atoms with Gasteiger partial charge in [0, 0.05) is 67.6 Å². The monoisotopic (exact) mass is 1150 g/mol. The van der Waals surface area contributed by atoms with E-state index in [1.54, 1.807) is 0 Å². The molecule has 0 bridgehead atoms. The number of fused-ring (bicyclic) bond motifs is 10. The summed E-state index contributed by atoms with van der Waals surface area (Å²) in [7, 11) is 0. The van der Waals surface area contributed by atoms with Crippen molar-refractivity contribution in [3.8, 4) is 11.1 Å². The van der Waals surface area contributed by atoms with E-state index in [0.717, 1.165) is 12.8 Å². The van der Waals surface area contributed by atoms with Gasteiger partial charge in [-0.1, -0.05) is 213 Å². The Bertz CT molecular complexity index is 4110. The molecule has 4 nitrogen and oxygen atoms in total. The van der Waals surface area contributed by atoms with Crippen LogP contribution in [0.25, 0.3) is 11.1 Å². The zero-order valence-electron chi connectivity index (χ0n) is 56.0. The van der Waals surface area contributed by atoms with E-state index >= 15 is 0 Å². The van der Waals surface area contributed by atoms with Crippen molar-refractivity contribution in [3.05, 3.63) is 196 Å². The molecule has 0 saturated heterocycles.